The molecule has 0 bridgehead atoms. The van der Waals surface area contributed by atoms with Crippen LogP contribution in [0.15, 0.2) is 54.6 Å². The fourth-order valence-electron chi connectivity index (χ4n) is 4.14. The van der Waals surface area contributed by atoms with Gasteiger partial charge in [-0.3, -0.25) is 0 Å². The van der Waals surface area contributed by atoms with Crippen molar-refractivity contribution < 1.29 is 4.74 Å². The van der Waals surface area contributed by atoms with E-state index in [1.807, 2.05) is 55.8 Å². The molecule has 1 unspecified atom stereocenters. The maximum absolute atomic E-state index is 6.51. The van der Waals surface area contributed by atoms with Crippen LogP contribution in [0.2, 0.25) is 0 Å². The van der Waals surface area contributed by atoms with Crippen LogP contribution < -0.4 is 15.0 Å². The second kappa shape index (κ2) is 10.0. The van der Waals surface area contributed by atoms with Crippen LogP contribution in [0.1, 0.15) is 35.9 Å². The minimum atomic E-state index is -0.0106. The van der Waals surface area contributed by atoms with Gasteiger partial charge in [0.2, 0.25) is 0 Å². The molecule has 0 aliphatic heterocycles. The van der Waals surface area contributed by atoms with Crippen LogP contribution in [-0.4, -0.2) is 47.7 Å². The molecular weight excluding hydrogens is 412 g/mol. The molecule has 0 aliphatic carbocycles. The SMILES string of the molecule is CNCCCC(Oc1cccc(-n2nc3c(N(C)C)nnc(C)c3c2C)c1)c1ccccc1. The van der Waals surface area contributed by atoms with E-state index in [1.165, 1.54) is 5.56 Å². The van der Waals surface area contributed by atoms with E-state index in [-0.39, 0.29) is 6.10 Å². The van der Waals surface area contributed by atoms with Gasteiger partial charge in [-0.05, 0) is 58.0 Å². The Balaban J connectivity index is 1.69. The summed E-state index contributed by atoms with van der Waals surface area (Å²) in [5, 5.41) is 17.9. The molecule has 0 spiro atoms. The van der Waals surface area contributed by atoms with Crippen LogP contribution in [0.5, 0.6) is 5.75 Å². The van der Waals surface area contributed by atoms with Crippen molar-refractivity contribution in [3.05, 3.63) is 71.5 Å². The second-order valence-corrected chi connectivity index (χ2v) is 8.48. The third kappa shape index (κ3) is 4.83. The van der Waals surface area contributed by atoms with E-state index < -0.39 is 0 Å². The number of anilines is 1. The van der Waals surface area contributed by atoms with Gasteiger partial charge in [-0.25, -0.2) is 4.68 Å². The lowest BCUT2D eigenvalue weighted by Crippen LogP contribution is -2.13. The Morgan fingerprint density at radius 2 is 1.82 bits per heavy atom. The van der Waals surface area contributed by atoms with E-state index in [0.717, 1.165) is 58.9 Å². The maximum Gasteiger partial charge on any atom is 0.179 e. The van der Waals surface area contributed by atoms with Gasteiger partial charge in [-0.1, -0.05) is 36.4 Å². The summed E-state index contributed by atoms with van der Waals surface area (Å²) in [6, 6.07) is 18.5. The molecule has 0 aliphatic rings. The van der Waals surface area contributed by atoms with E-state index >= 15 is 0 Å². The molecule has 4 rings (SSSR count). The summed E-state index contributed by atoms with van der Waals surface area (Å²) < 4.78 is 8.46. The van der Waals surface area contributed by atoms with Crippen molar-refractivity contribution in [2.24, 2.45) is 0 Å². The van der Waals surface area contributed by atoms with Gasteiger partial charge in [0.05, 0.1) is 22.5 Å². The monoisotopic (exact) mass is 444 g/mol. The smallest absolute Gasteiger partial charge is 0.179 e. The third-order valence-corrected chi connectivity index (χ3v) is 5.81. The molecule has 4 aromatic rings. The molecule has 1 atom stereocenters. The number of hydrogen-bond donors (Lipinski definition) is 1. The average molecular weight is 445 g/mol. The van der Waals surface area contributed by atoms with Gasteiger partial charge in [-0.15, -0.1) is 5.10 Å². The van der Waals surface area contributed by atoms with Crippen LogP contribution in [-0.2, 0) is 0 Å². The van der Waals surface area contributed by atoms with Crippen molar-refractivity contribution in [3.8, 4) is 11.4 Å². The number of hydrogen-bond acceptors (Lipinski definition) is 6. The summed E-state index contributed by atoms with van der Waals surface area (Å²) >= 11 is 0. The molecule has 0 saturated carbocycles. The lowest BCUT2D eigenvalue weighted by Gasteiger charge is -2.20. The second-order valence-electron chi connectivity index (χ2n) is 8.48. The van der Waals surface area contributed by atoms with Gasteiger partial charge < -0.3 is 15.0 Å². The predicted octanol–water partition coefficient (Wildman–Crippen LogP) is 4.62. The number of nitrogens with one attached hydrogen (secondary N) is 1. The van der Waals surface area contributed by atoms with Crippen LogP contribution in [0, 0.1) is 13.8 Å². The Labute approximate surface area is 195 Å². The highest BCUT2D eigenvalue weighted by atomic mass is 16.5. The van der Waals surface area contributed by atoms with Crippen molar-refractivity contribution in [2.45, 2.75) is 32.8 Å². The van der Waals surface area contributed by atoms with Gasteiger partial charge in [0.1, 0.15) is 17.4 Å². The van der Waals surface area contributed by atoms with Crippen LogP contribution in [0.3, 0.4) is 0 Å². The highest BCUT2D eigenvalue weighted by Gasteiger charge is 2.19. The minimum absolute atomic E-state index is 0.0106. The van der Waals surface area contributed by atoms with Gasteiger partial charge in [0.15, 0.2) is 5.82 Å². The molecule has 2 heterocycles. The number of aromatic nitrogens is 4. The highest BCUT2D eigenvalue weighted by molar-refractivity contribution is 5.92. The first-order chi connectivity index (χ1) is 16.0. The van der Waals surface area contributed by atoms with Gasteiger partial charge in [-0.2, -0.15) is 10.2 Å². The molecule has 33 heavy (non-hydrogen) atoms. The Morgan fingerprint density at radius 1 is 1.03 bits per heavy atom. The number of aryl methyl sites for hydroxylation is 2. The molecule has 0 radical (unpaired) electrons. The molecule has 172 valence electrons. The first kappa shape index (κ1) is 22.7. The van der Waals surface area contributed by atoms with Crippen molar-refractivity contribution in [1.82, 2.24) is 25.3 Å². The molecular formula is C26H32N6O. The molecule has 2 aromatic heterocycles. The summed E-state index contributed by atoms with van der Waals surface area (Å²) in [4.78, 5) is 1.95. The molecule has 0 saturated heterocycles. The Bertz CT molecular complexity index is 1220. The number of rotatable bonds is 9. The highest BCUT2D eigenvalue weighted by Crippen LogP contribution is 2.31. The first-order valence-electron chi connectivity index (χ1n) is 11.4. The molecule has 2 aromatic carbocycles. The van der Waals surface area contributed by atoms with E-state index in [1.54, 1.807) is 0 Å². The summed E-state index contributed by atoms with van der Waals surface area (Å²) in [6.45, 7) is 5.01. The summed E-state index contributed by atoms with van der Waals surface area (Å²) in [5.41, 5.74) is 4.90. The van der Waals surface area contributed by atoms with Crippen molar-refractivity contribution in [1.29, 1.82) is 0 Å². The zero-order valence-electron chi connectivity index (χ0n) is 20.0. The normalized spacial score (nSPS) is 12.2. The van der Waals surface area contributed by atoms with E-state index in [2.05, 4.69) is 58.8 Å². The zero-order valence-corrected chi connectivity index (χ0v) is 20.0. The number of benzene rings is 2. The standard InChI is InChI=1S/C26H32N6O/c1-18-24-19(2)32(30-25(24)26(29-28-18)31(4)5)21-13-9-14-22(17-21)33-23(15-10-16-27-3)20-11-7-6-8-12-20/h6-9,11-14,17,23,27H,10,15-16H2,1-5H3. The average Bonchev–Trinajstić information content (AvgIpc) is 3.17. The van der Waals surface area contributed by atoms with E-state index in [4.69, 9.17) is 9.84 Å². The maximum atomic E-state index is 6.51. The van der Waals surface area contributed by atoms with Gasteiger partial charge in [0.25, 0.3) is 0 Å². The largest absolute Gasteiger partial charge is 0.486 e. The number of ether oxygens (including phenoxy) is 1. The van der Waals surface area contributed by atoms with Gasteiger partial charge >= 0.3 is 0 Å². The zero-order chi connectivity index (χ0) is 23.4. The fourth-order valence-corrected chi connectivity index (χ4v) is 4.14. The topological polar surface area (TPSA) is 68.1 Å². The van der Waals surface area contributed by atoms with Crippen molar-refractivity contribution in [3.63, 3.8) is 0 Å². The van der Waals surface area contributed by atoms with Gasteiger partial charge in [0, 0.05) is 20.2 Å². The Kier molecular flexibility index (Phi) is 6.89. The molecule has 7 nitrogen and oxygen atoms in total. The quantitative estimate of drug-likeness (QED) is 0.380. The van der Waals surface area contributed by atoms with Crippen LogP contribution >= 0.6 is 0 Å². The molecule has 7 heteroatoms. The Morgan fingerprint density at radius 3 is 2.55 bits per heavy atom. The lowest BCUT2D eigenvalue weighted by molar-refractivity contribution is 0.192. The van der Waals surface area contributed by atoms with E-state index in [0.29, 0.717) is 0 Å². The van der Waals surface area contributed by atoms with E-state index in [9.17, 15) is 0 Å². The summed E-state index contributed by atoms with van der Waals surface area (Å²) in [5.74, 6) is 1.59. The predicted molar refractivity (Wildman–Crippen MR) is 133 cm³/mol. The van der Waals surface area contributed by atoms with Crippen LogP contribution in [0.25, 0.3) is 16.6 Å². The number of nitrogens with zero attached hydrogens (tertiary/aromatic N) is 5. The first-order valence-corrected chi connectivity index (χ1v) is 11.4. The molecule has 0 amide bonds. The van der Waals surface area contributed by atoms with Crippen LogP contribution in [0.4, 0.5) is 5.82 Å². The molecule has 1 N–H and O–H groups in total. The molecule has 0 fully saturated rings. The van der Waals surface area contributed by atoms with Crippen molar-refractivity contribution in [2.75, 3.05) is 32.6 Å². The van der Waals surface area contributed by atoms with Crippen molar-refractivity contribution >= 4 is 16.7 Å². The fraction of sp³-hybridized carbons (Fsp3) is 0.346. The number of fused-ring (bicyclic) bond motifs is 1. The lowest BCUT2D eigenvalue weighted by atomic mass is 10.0. The third-order valence-electron chi connectivity index (χ3n) is 5.81. The summed E-state index contributed by atoms with van der Waals surface area (Å²) in [6.07, 6.45) is 1.96. The summed E-state index contributed by atoms with van der Waals surface area (Å²) in [7, 11) is 5.89. The minimum Gasteiger partial charge on any atom is -0.486 e. The Hall–Kier alpha value is -3.45.